The van der Waals surface area contributed by atoms with Crippen LogP contribution >= 0.6 is 0 Å². The molecule has 0 amide bonds. The van der Waals surface area contributed by atoms with Crippen LogP contribution in [0.1, 0.15) is 11.1 Å². The maximum absolute atomic E-state index is 12.6. The van der Waals surface area contributed by atoms with Crippen LogP contribution in [-0.2, 0) is 22.4 Å². The number of phenolic OH excluding ortho intramolecular Hbond substituents is 1. The van der Waals surface area contributed by atoms with Crippen LogP contribution in [0.5, 0.6) is 5.75 Å². The first-order valence-corrected chi connectivity index (χ1v) is 5.83. The number of benzene rings is 1. The molecular formula is C8H5F6NO3S. The van der Waals surface area contributed by atoms with E-state index in [0.717, 1.165) is 0 Å². The molecule has 0 saturated carbocycles. The lowest BCUT2D eigenvalue weighted by Gasteiger charge is -2.18. The van der Waals surface area contributed by atoms with Crippen LogP contribution in [0.3, 0.4) is 0 Å². The minimum atomic E-state index is -5.61. The summed E-state index contributed by atoms with van der Waals surface area (Å²) in [5, 5.41) is 13.4. The Morgan fingerprint density at radius 2 is 1.47 bits per heavy atom. The number of alkyl halides is 6. The van der Waals surface area contributed by atoms with Crippen molar-refractivity contribution in [2.45, 2.75) is 17.2 Å². The number of hydrogen-bond acceptors (Lipinski definition) is 3. The fourth-order valence-corrected chi connectivity index (χ4v) is 2.14. The average molecular weight is 309 g/mol. The number of aromatic hydroxyl groups is 1. The number of hydrogen-bond donors (Lipinski definition) is 2. The third-order valence-corrected chi connectivity index (χ3v) is 2.92. The summed E-state index contributed by atoms with van der Waals surface area (Å²) in [5.74, 6) is -1.30. The van der Waals surface area contributed by atoms with Crippen LogP contribution in [0.2, 0.25) is 0 Å². The zero-order valence-corrected chi connectivity index (χ0v) is 9.49. The maximum Gasteiger partial charge on any atom is 0.418 e. The molecule has 0 saturated heterocycles. The van der Waals surface area contributed by atoms with E-state index < -0.39 is 44.1 Å². The molecule has 3 N–H and O–H groups in total. The highest BCUT2D eigenvalue weighted by Gasteiger charge is 2.47. The van der Waals surface area contributed by atoms with Crippen LogP contribution in [0, 0.1) is 0 Å². The third-order valence-electron chi connectivity index (χ3n) is 1.98. The molecule has 0 radical (unpaired) electrons. The SMILES string of the molecule is NS(=O)(=O)c1cc(O)cc(C(F)(F)F)c1C(F)(F)F. The summed E-state index contributed by atoms with van der Waals surface area (Å²) < 4.78 is 97.1. The van der Waals surface area contributed by atoms with Crippen molar-refractivity contribution in [3.8, 4) is 5.75 Å². The van der Waals surface area contributed by atoms with Crippen LogP contribution in [0.25, 0.3) is 0 Å². The van der Waals surface area contributed by atoms with Gasteiger partial charge in [0.1, 0.15) is 5.75 Å². The summed E-state index contributed by atoms with van der Waals surface area (Å²) in [4.78, 5) is -1.84. The Kier molecular flexibility index (Phi) is 3.50. The summed E-state index contributed by atoms with van der Waals surface area (Å²) in [6.07, 6.45) is -11.1. The van der Waals surface area contributed by atoms with Gasteiger partial charge in [-0.05, 0) is 6.07 Å². The predicted octanol–water partition coefficient (Wildman–Crippen LogP) is 2.08. The molecule has 1 rings (SSSR count). The Morgan fingerprint density at radius 3 is 1.79 bits per heavy atom. The highest BCUT2D eigenvalue weighted by molar-refractivity contribution is 7.89. The predicted molar refractivity (Wildman–Crippen MR) is 49.5 cm³/mol. The summed E-state index contributed by atoms with van der Waals surface area (Å²) >= 11 is 0. The Hall–Kier alpha value is -1.49. The molecule has 0 heterocycles. The largest absolute Gasteiger partial charge is 0.508 e. The first kappa shape index (κ1) is 15.6. The van der Waals surface area contributed by atoms with Crippen LogP contribution in [0.4, 0.5) is 26.3 Å². The summed E-state index contributed by atoms with van der Waals surface area (Å²) in [7, 11) is -5.10. The van der Waals surface area contributed by atoms with E-state index in [1.54, 1.807) is 0 Å². The van der Waals surface area contributed by atoms with Crippen LogP contribution < -0.4 is 5.14 Å². The van der Waals surface area contributed by atoms with E-state index in [0.29, 0.717) is 0 Å². The number of primary sulfonamides is 1. The van der Waals surface area contributed by atoms with Gasteiger partial charge in [-0.1, -0.05) is 0 Å². The topological polar surface area (TPSA) is 80.4 Å². The van der Waals surface area contributed by atoms with Crippen molar-refractivity contribution in [2.24, 2.45) is 5.14 Å². The van der Waals surface area contributed by atoms with Gasteiger partial charge in [-0.15, -0.1) is 0 Å². The molecule has 0 atom stereocenters. The molecule has 0 unspecified atom stereocenters. The molecule has 0 aromatic heterocycles. The standard InChI is InChI=1S/C8H5F6NO3S/c9-7(10,11)4-1-3(16)2-5(19(15,17)18)6(4)8(12,13)14/h1-2,16H,(H2,15,17,18). The van der Waals surface area contributed by atoms with Gasteiger partial charge in [0.25, 0.3) is 0 Å². The van der Waals surface area contributed by atoms with Crippen molar-refractivity contribution in [2.75, 3.05) is 0 Å². The molecule has 11 heteroatoms. The molecule has 0 aliphatic heterocycles. The third kappa shape index (κ3) is 3.29. The van der Waals surface area contributed by atoms with Gasteiger partial charge in [0, 0.05) is 6.07 Å². The summed E-state index contributed by atoms with van der Waals surface area (Å²) in [6.45, 7) is 0. The van der Waals surface area contributed by atoms with Crippen molar-refractivity contribution < 1.29 is 39.9 Å². The minimum absolute atomic E-state index is 0.00734. The number of nitrogens with two attached hydrogens (primary N) is 1. The minimum Gasteiger partial charge on any atom is -0.508 e. The van der Waals surface area contributed by atoms with Gasteiger partial charge in [0.05, 0.1) is 16.0 Å². The first-order chi connectivity index (χ1) is 8.24. The van der Waals surface area contributed by atoms with E-state index in [1.165, 1.54) is 0 Å². The zero-order chi connectivity index (χ0) is 15.2. The van der Waals surface area contributed by atoms with Gasteiger partial charge in [0.15, 0.2) is 0 Å². The number of halogens is 6. The van der Waals surface area contributed by atoms with E-state index >= 15 is 0 Å². The fraction of sp³-hybridized carbons (Fsp3) is 0.250. The quantitative estimate of drug-likeness (QED) is 0.779. The van der Waals surface area contributed by atoms with E-state index in [9.17, 15) is 34.8 Å². The van der Waals surface area contributed by atoms with Crippen molar-refractivity contribution in [1.82, 2.24) is 0 Å². The Bertz CT molecular complexity index is 604. The van der Waals surface area contributed by atoms with E-state index in [4.69, 9.17) is 5.11 Å². The van der Waals surface area contributed by atoms with E-state index in [-0.39, 0.29) is 12.1 Å². The van der Waals surface area contributed by atoms with Crippen molar-refractivity contribution >= 4 is 10.0 Å². The number of rotatable bonds is 1. The molecule has 0 aliphatic carbocycles. The Labute approximate surface area is 102 Å². The van der Waals surface area contributed by atoms with Gasteiger partial charge in [-0.3, -0.25) is 0 Å². The van der Waals surface area contributed by atoms with Gasteiger partial charge in [-0.2, -0.15) is 26.3 Å². The van der Waals surface area contributed by atoms with Gasteiger partial charge in [-0.25, -0.2) is 13.6 Å². The zero-order valence-electron chi connectivity index (χ0n) is 8.67. The smallest absolute Gasteiger partial charge is 0.418 e. The number of phenols is 1. The lowest BCUT2D eigenvalue weighted by Crippen LogP contribution is -2.23. The van der Waals surface area contributed by atoms with Crippen LogP contribution in [0.15, 0.2) is 17.0 Å². The molecule has 4 nitrogen and oxygen atoms in total. The highest BCUT2D eigenvalue weighted by Crippen LogP contribution is 2.44. The molecule has 0 fully saturated rings. The van der Waals surface area contributed by atoms with Crippen molar-refractivity contribution in [3.63, 3.8) is 0 Å². The monoisotopic (exact) mass is 309 g/mol. The van der Waals surface area contributed by atoms with Gasteiger partial charge < -0.3 is 5.11 Å². The summed E-state index contributed by atoms with van der Waals surface area (Å²) in [6, 6.07) is -0.217. The number of sulfonamides is 1. The maximum atomic E-state index is 12.6. The molecular weight excluding hydrogens is 304 g/mol. The molecule has 108 valence electrons. The van der Waals surface area contributed by atoms with Gasteiger partial charge >= 0.3 is 12.4 Å². The molecule has 0 bridgehead atoms. The average Bonchev–Trinajstić information content (AvgIpc) is 2.11. The molecule has 0 spiro atoms. The molecule has 19 heavy (non-hydrogen) atoms. The van der Waals surface area contributed by atoms with Crippen molar-refractivity contribution in [1.29, 1.82) is 0 Å². The molecule has 1 aromatic carbocycles. The van der Waals surface area contributed by atoms with Crippen molar-refractivity contribution in [3.05, 3.63) is 23.3 Å². The first-order valence-electron chi connectivity index (χ1n) is 4.29. The second kappa shape index (κ2) is 4.27. The molecule has 0 aliphatic rings. The summed E-state index contributed by atoms with van der Waals surface area (Å²) in [5.41, 5.74) is -4.79. The van der Waals surface area contributed by atoms with E-state index in [1.807, 2.05) is 0 Å². The second-order valence-corrected chi connectivity index (χ2v) is 4.94. The lowest BCUT2D eigenvalue weighted by atomic mass is 10.1. The Morgan fingerprint density at radius 1 is 1.00 bits per heavy atom. The highest BCUT2D eigenvalue weighted by atomic mass is 32.2. The Balaban J connectivity index is 3.91. The fourth-order valence-electron chi connectivity index (χ4n) is 1.34. The van der Waals surface area contributed by atoms with Gasteiger partial charge in [0.2, 0.25) is 10.0 Å². The molecule has 1 aromatic rings. The second-order valence-electron chi connectivity index (χ2n) is 3.41. The van der Waals surface area contributed by atoms with E-state index in [2.05, 4.69) is 5.14 Å². The van der Waals surface area contributed by atoms with Crippen LogP contribution in [-0.4, -0.2) is 13.5 Å². The lowest BCUT2D eigenvalue weighted by molar-refractivity contribution is -0.163. The normalized spacial score (nSPS) is 13.6.